The summed E-state index contributed by atoms with van der Waals surface area (Å²) < 4.78 is 0. The van der Waals surface area contributed by atoms with Crippen molar-refractivity contribution in [1.29, 1.82) is 0 Å². The molecular weight excluding hydrogens is 208 g/mol. The summed E-state index contributed by atoms with van der Waals surface area (Å²) in [7, 11) is 0. The van der Waals surface area contributed by atoms with Gasteiger partial charge in [0.25, 0.3) is 0 Å². The third-order valence-electron chi connectivity index (χ3n) is 2.34. The lowest BCUT2D eigenvalue weighted by molar-refractivity contribution is 0.190. The fourth-order valence-electron chi connectivity index (χ4n) is 1.42. The van der Waals surface area contributed by atoms with Crippen molar-refractivity contribution in [3.8, 4) is 5.75 Å². The van der Waals surface area contributed by atoms with Gasteiger partial charge in [-0.2, -0.15) is 0 Å². The molecular formula is C11H18N2O3. The number of pyridine rings is 1. The fourth-order valence-corrected chi connectivity index (χ4v) is 1.42. The number of aliphatic hydroxyl groups excluding tert-OH is 2. The molecule has 4 N–H and O–H groups in total. The first-order valence-electron chi connectivity index (χ1n) is 5.22. The predicted octanol–water partition coefficient (Wildman–Crippen LogP) is 0.0583. The molecule has 0 aromatic carbocycles. The molecule has 0 spiro atoms. The second-order valence-corrected chi connectivity index (χ2v) is 3.83. The van der Waals surface area contributed by atoms with Gasteiger partial charge >= 0.3 is 0 Å². The van der Waals surface area contributed by atoms with Gasteiger partial charge in [-0.25, -0.2) is 0 Å². The number of hydrogen-bond acceptors (Lipinski definition) is 5. The lowest BCUT2D eigenvalue weighted by atomic mass is 10.1. The van der Waals surface area contributed by atoms with Gasteiger partial charge in [0, 0.05) is 30.4 Å². The van der Waals surface area contributed by atoms with E-state index in [0.717, 1.165) is 0 Å². The minimum absolute atomic E-state index is 0.102. The minimum atomic E-state index is -0.442. The summed E-state index contributed by atoms with van der Waals surface area (Å²) in [6, 6.07) is 0. The van der Waals surface area contributed by atoms with Crippen molar-refractivity contribution < 1.29 is 15.3 Å². The van der Waals surface area contributed by atoms with Crippen LogP contribution in [-0.2, 0) is 13.2 Å². The van der Waals surface area contributed by atoms with Gasteiger partial charge in [-0.05, 0) is 13.8 Å². The molecule has 0 saturated carbocycles. The van der Waals surface area contributed by atoms with Crippen molar-refractivity contribution in [3.05, 3.63) is 23.0 Å². The SMILES string of the molecule is Cc1ncc(CO)c(CNC[C@H](C)O)c1O. The highest BCUT2D eigenvalue weighted by Crippen LogP contribution is 2.23. The van der Waals surface area contributed by atoms with E-state index in [1.807, 2.05) is 0 Å². The van der Waals surface area contributed by atoms with E-state index in [-0.39, 0.29) is 12.4 Å². The second-order valence-electron chi connectivity index (χ2n) is 3.83. The van der Waals surface area contributed by atoms with Crippen molar-refractivity contribution in [2.24, 2.45) is 0 Å². The summed E-state index contributed by atoms with van der Waals surface area (Å²) >= 11 is 0. The molecule has 1 heterocycles. The number of aromatic hydroxyl groups is 1. The number of rotatable bonds is 5. The normalized spacial score (nSPS) is 12.8. The van der Waals surface area contributed by atoms with E-state index in [0.29, 0.717) is 29.9 Å². The van der Waals surface area contributed by atoms with Gasteiger partial charge in [-0.1, -0.05) is 0 Å². The number of aromatic nitrogens is 1. The van der Waals surface area contributed by atoms with Crippen LogP contribution < -0.4 is 5.32 Å². The zero-order chi connectivity index (χ0) is 12.1. The zero-order valence-corrected chi connectivity index (χ0v) is 9.56. The molecule has 1 aromatic rings. The standard InChI is InChI=1S/C11H18N2O3/c1-7(15)3-12-5-10-9(6-14)4-13-8(2)11(10)16/h4,7,12,14-16H,3,5-6H2,1-2H3/t7-/m0/s1. The number of aliphatic hydroxyl groups is 2. The molecule has 1 aromatic heterocycles. The summed E-state index contributed by atoms with van der Waals surface area (Å²) in [5.74, 6) is 0.102. The molecule has 1 atom stereocenters. The highest BCUT2D eigenvalue weighted by Gasteiger charge is 2.10. The Morgan fingerprint density at radius 3 is 2.75 bits per heavy atom. The second kappa shape index (κ2) is 5.79. The van der Waals surface area contributed by atoms with Gasteiger partial charge < -0.3 is 20.6 Å². The number of nitrogens with one attached hydrogen (secondary N) is 1. The minimum Gasteiger partial charge on any atom is -0.506 e. The lowest BCUT2D eigenvalue weighted by Gasteiger charge is -2.13. The summed E-state index contributed by atoms with van der Waals surface area (Å²) in [5, 5.41) is 31.0. The maximum Gasteiger partial charge on any atom is 0.141 e. The van der Waals surface area contributed by atoms with Gasteiger partial charge in [0.15, 0.2) is 0 Å². The molecule has 16 heavy (non-hydrogen) atoms. The average molecular weight is 226 g/mol. The van der Waals surface area contributed by atoms with Gasteiger partial charge in [0.1, 0.15) is 5.75 Å². The largest absolute Gasteiger partial charge is 0.506 e. The maximum atomic E-state index is 9.80. The van der Waals surface area contributed by atoms with Gasteiger partial charge in [0.2, 0.25) is 0 Å². The Kier molecular flexibility index (Phi) is 4.67. The van der Waals surface area contributed by atoms with E-state index in [9.17, 15) is 5.11 Å². The van der Waals surface area contributed by atoms with E-state index >= 15 is 0 Å². The molecule has 0 aliphatic rings. The van der Waals surface area contributed by atoms with Crippen LogP contribution in [0.25, 0.3) is 0 Å². The molecule has 5 heteroatoms. The fraction of sp³-hybridized carbons (Fsp3) is 0.545. The quantitative estimate of drug-likeness (QED) is 0.570. The Labute approximate surface area is 94.8 Å². The van der Waals surface area contributed by atoms with Crippen molar-refractivity contribution in [1.82, 2.24) is 10.3 Å². The first kappa shape index (κ1) is 12.9. The third-order valence-corrected chi connectivity index (χ3v) is 2.34. The molecule has 0 amide bonds. The number of hydrogen-bond donors (Lipinski definition) is 4. The van der Waals surface area contributed by atoms with E-state index < -0.39 is 6.10 Å². The average Bonchev–Trinajstić information content (AvgIpc) is 2.24. The van der Waals surface area contributed by atoms with Crippen LogP contribution in [0, 0.1) is 6.92 Å². The summed E-state index contributed by atoms with van der Waals surface area (Å²) in [6.45, 7) is 4.06. The van der Waals surface area contributed by atoms with Crippen LogP contribution in [0.15, 0.2) is 6.20 Å². The monoisotopic (exact) mass is 226 g/mol. The third kappa shape index (κ3) is 3.16. The number of nitrogens with zero attached hydrogens (tertiary/aromatic N) is 1. The van der Waals surface area contributed by atoms with Crippen LogP contribution in [0.2, 0.25) is 0 Å². The van der Waals surface area contributed by atoms with Crippen LogP contribution >= 0.6 is 0 Å². The van der Waals surface area contributed by atoms with Gasteiger partial charge in [0.05, 0.1) is 18.4 Å². The Morgan fingerprint density at radius 1 is 1.50 bits per heavy atom. The highest BCUT2D eigenvalue weighted by molar-refractivity contribution is 5.40. The first-order valence-corrected chi connectivity index (χ1v) is 5.22. The molecule has 0 aliphatic heterocycles. The Morgan fingerprint density at radius 2 is 2.19 bits per heavy atom. The lowest BCUT2D eigenvalue weighted by Crippen LogP contribution is -2.24. The van der Waals surface area contributed by atoms with Crippen molar-refractivity contribution in [3.63, 3.8) is 0 Å². The van der Waals surface area contributed by atoms with Crippen molar-refractivity contribution in [2.45, 2.75) is 33.1 Å². The zero-order valence-electron chi connectivity index (χ0n) is 9.56. The Balaban J connectivity index is 2.80. The van der Waals surface area contributed by atoms with Crippen molar-refractivity contribution >= 4 is 0 Å². The molecule has 90 valence electrons. The summed E-state index contributed by atoms with van der Waals surface area (Å²) in [4.78, 5) is 3.97. The smallest absolute Gasteiger partial charge is 0.141 e. The van der Waals surface area contributed by atoms with E-state index in [1.165, 1.54) is 0 Å². The van der Waals surface area contributed by atoms with Crippen molar-refractivity contribution in [2.75, 3.05) is 6.54 Å². The molecule has 5 nitrogen and oxygen atoms in total. The Hall–Kier alpha value is -1.17. The van der Waals surface area contributed by atoms with Crippen LogP contribution in [0.5, 0.6) is 5.75 Å². The first-order chi connectivity index (χ1) is 7.56. The van der Waals surface area contributed by atoms with Gasteiger partial charge in [-0.15, -0.1) is 0 Å². The molecule has 0 aliphatic carbocycles. The van der Waals surface area contributed by atoms with E-state index in [2.05, 4.69) is 10.3 Å². The van der Waals surface area contributed by atoms with Crippen LogP contribution in [0.3, 0.4) is 0 Å². The molecule has 0 fully saturated rings. The highest BCUT2D eigenvalue weighted by atomic mass is 16.3. The maximum absolute atomic E-state index is 9.80. The molecule has 0 unspecified atom stereocenters. The number of aryl methyl sites for hydroxylation is 1. The summed E-state index contributed by atoms with van der Waals surface area (Å²) in [5.41, 5.74) is 1.77. The molecule has 1 rings (SSSR count). The summed E-state index contributed by atoms with van der Waals surface area (Å²) in [6.07, 6.45) is 1.11. The Bertz CT molecular complexity index is 353. The van der Waals surface area contributed by atoms with E-state index in [4.69, 9.17) is 10.2 Å². The molecule has 0 saturated heterocycles. The van der Waals surface area contributed by atoms with Crippen LogP contribution in [-0.4, -0.2) is 33.0 Å². The van der Waals surface area contributed by atoms with E-state index in [1.54, 1.807) is 20.0 Å². The predicted molar refractivity (Wildman–Crippen MR) is 59.9 cm³/mol. The molecule has 0 bridgehead atoms. The van der Waals surface area contributed by atoms with Gasteiger partial charge in [-0.3, -0.25) is 4.98 Å². The molecule has 0 radical (unpaired) electrons. The topological polar surface area (TPSA) is 85.6 Å². The van der Waals surface area contributed by atoms with Crippen LogP contribution in [0.1, 0.15) is 23.7 Å². The van der Waals surface area contributed by atoms with Crippen LogP contribution in [0.4, 0.5) is 0 Å².